The fourth-order valence-electron chi connectivity index (χ4n) is 1.61. The Labute approximate surface area is 116 Å². The van der Waals surface area contributed by atoms with Crippen LogP contribution in [0.2, 0.25) is 5.15 Å². The van der Waals surface area contributed by atoms with Crippen molar-refractivity contribution >= 4 is 17.3 Å². The second-order valence-corrected chi connectivity index (χ2v) is 4.11. The summed E-state index contributed by atoms with van der Waals surface area (Å²) < 4.78 is 5.36. The molecule has 0 saturated carbocycles. The smallest absolute Gasteiger partial charge is 0.174 e. The van der Waals surface area contributed by atoms with E-state index >= 15 is 0 Å². The molecule has 2 aromatic rings. The van der Waals surface area contributed by atoms with Crippen molar-refractivity contribution in [3.8, 4) is 11.8 Å². The average Bonchev–Trinajstić information content (AvgIpc) is 2.45. The normalized spacial score (nSPS) is 9.68. The van der Waals surface area contributed by atoms with Crippen LogP contribution < -0.4 is 10.1 Å². The lowest BCUT2D eigenvalue weighted by atomic mass is 10.2. The second-order valence-electron chi connectivity index (χ2n) is 3.75. The summed E-state index contributed by atoms with van der Waals surface area (Å²) in [6, 6.07) is 13.2. The lowest BCUT2D eigenvalue weighted by Gasteiger charge is -2.11. The van der Waals surface area contributed by atoms with Crippen LogP contribution in [-0.4, -0.2) is 11.6 Å². The number of nitriles is 1. The Morgan fingerprint density at radius 1 is 1.26 bits per heavy atom. The number of hydrogen-bond donors (Lipinski definition) is 1. The number of ether oxygens (including phenoxy) is 1. The number of nitrogens with zero attached hydrogens (tertiary/aromatic N) is 2. The highest BCUT2D eigenvalue weighted by Gasteiger charge is 2.04. The number of hydrogen-bond acceptors (Lipinski definition) is 4. The van der Waals surface area contributed by atoms with Gasteiger partial charge in [-0.2, -0.15) is 5.26 Å². The van der Waals surface area contributed by atoms with Crippen molar-refractivity contribution in [1.29, 1.82) is 5.26 Å². The third-order valence-corrected chi connectivity index (χ3v) is 2.79. The van der Waals surface area contributed by atoms with Gasteiger partial charge in [-0.1, -0.05) is 29.8 Å². The first-order valence-electron chi connectivity index (χ1n) is 5.73. The summed E-state index contributed by atoms with van der Waals surface area (Å²) in [5.41, 5.74) is 1.72. The number of aromatic nitrogens is 1. The van der Waals surface area contributed by atoms with E-state index < -0.39 is 0 Å². The highest BCUT2D eigenvalue weighted by Crippen LogP contribution is 2.22. The van der Waals surface area contributed by atoms with Crippen LogP contribution in [0.4, 0.5) is 5.69 Å². The molecule has 96 valence electrons. The summed E-state index contributed by atoms with van der Waals surface area (Å²) in [5, 5.41) is 12.2. The third kappa shape index (κ3) is 3.60. The number of halogens is 1. The molecule has 2 rings (SSSR count). The van der Waals surface area contributed by atoms with E-state index in [1.54, 1.807) is 6.20 Å². The summed E-state index contributed by atoms with van der Waals surface area (Å²) in [5.74, 6) is 0.691. The van der Waals surface area contributed by atoms with Crippen LogP contribution in [0.3, 0.4) is 0 Å². The largest absolute Gasteiger partial charge is 0.478 e. The molecule has 0 radical (unpaired) electrons. The number of rotatable bonds is 5. The number of pyridine rings is 1. The van der Waals surface area contributed by atoms with E-state index in [2.05, 4.69) is 10.3 Å². The molecule has 0 saturated heterocycles. The molecule has 1 N–H and O–H groups in total. The summed E-state index contributed by atoms with van der Waals surface area (Å²) in [7, 11) is 0. The Kier molecular flexibility index (Phi) is 4.60. The maximum absolute atomic E-state index is 8.55. The van der Waals surface area contributed by atoms with Gasteiger partial charge in [0.1, 0.15) is 11.8 Å². The van der Waals surface area contributed by atoms with E-state index in [1.807, 2.05) is 42.5 Å². The molecular weight excluding hydrogens is 262 g/mol. The molecule has 0 atom stereocenters. The van der Waals surface area contributed by atoms with Crippen molar-refractivity contribution < 1.29 is 4.74 Å². The first-order chi connectivity index (χ1) is 9.31. The highest BCUT2D eigenvalue weighted by molar-refractivity contribution is 6.31. The van der Waals surface area contributed by atoms with Gasteiger partial charge in [0.05, 0.1) is 5.69 Å². The van der Waals surface area contributed by atoms with Gasteiger partial charge in [0, 0.05) is 18.3 Å². The van der Waals surface area contributed by atoms with Crippen molar-refractivity contribution in [1.82, 2.24) is 4.98 Å². The zero-order valence-electron chi connectivity index (χ0n) is 10.1. The lowest BCUT2D eigenvalue weighted by molar-refractivity contribution is 0.364. The monoisotopic (exact) mass is 273 g/mol. The molecule has 0 amide bonds. The number of para-hydroxylation sites is 1. The van der Waals surface area contributed by atoms with Crippen molar-refractivity contribution in [3.63, 3.8) is 0 Å². The molecule has 0 bridgehead atoms. The van der Waals surface area contributed by atoms with Gasteiger partial charge in [-0.15, -0.1) is 0 Å². The minimum absolute atomic E-state index is 0.0324. The maximum Gasteiger partial charge on any atom is 0.174 e. The van der Waals surface area contributed by atoms with Gasteiger partial charge >= 0.3 is 0 Å². The molecule has 19 heavy (non-hydrogen) atoms. The van der Waals surface area contributed by atoms with Crippen LogP contribution in [0, 0.1) is 11.3 Å². The molecule has 1 aromatic carbocycles. The Hall–Kier alpha value is -2.25. The molecule has 0 fully saturated rings. The summed E-state index contributed by atoms with van der Waals surface area (Å²) in [6.07, 6.45) is 1.64. The second kappa shape index (κ2) is 6.62. The Morgan fingerprint density at radius 3 is 2.89 bits per heavy atom. The first-order valence-corrected chi connectivity index (χ1v) is 6.11. The van der Waals surface area contributed by atoms with E-state index in [9.17, 15) is 0 Å². The van der Waals surface area contributed by atoms with Gasteiger partial charge in [0.25, 0.3) is 0 Å². The number of benzene rings is 1. The predicted octanol–water partition coefficient (Wildman–Crippen LogP) is 3.25. The van der Waals surface area contributed by atoms with Crippen LogP contribution in [0.5, 0.6) is 5.75 Å². The molecule has 5 heteroatoms. The van der Waals surface area contributed by atoms with Gasteiger partial charge in [0.15, 0.2) is 11.8 Å². The van der Waals surface area contributed by atoms with Crippen LogP contribution in [0.1, 0.15) is 5.56 Å². The summed E-state index contributed by atoms with van der Waals surface area (Å²) in [6.45, 7) is 0.581. The highest BCUT2D eigenvalue weighted by atomic mass is 35.5. The minimum Gasteiger partial charge on any atom is -0.478 e. The Balaban J connectivity index is 2.07. The predicted molar refractivity (Wildman–Crippen MR) is 74.1 cm³/mol. The van der Waals surface area contributed by atoms with E-state index in [1.165, 1.54) is 0 Å². The summed E-state index contributed by atoms with van der Waals surface area (Å²) >= 11 is 5.97. The zero-order chi connectivity index (χ0) is 13.5. The Morgan fingerprint density at radius 2 is 2.11 bits per heavy atom. The topological polar surface area (TPSA) is 57.9 Å². The number of anilines is 1. The first kappa shape index (κ1) is 13.2. The molecular formula is C14H12ClN3O. The fourth-order valence-corrected chi connectivity index (χ4v) is 1.80. The van der Waals surface area contributed by atoms with Crippen LogP contribution >= 0.6 is 11.6 Å². The SMILES string of the molecule is N#CCOc1ccccc1CNc1cccnc1Cl. The van der Waals surface area contributed by atoms with Crippen molar-refractivity contribution in [2.75, 3.05) is 11.9 Å². The molecule has 0 aliphatic heterocycles. The Bertz CT molecular complexity index is 595. The lowest BCUT2D eigenvalue weighted by Crippen LogP contribution is -2.04. The van der Waals surface area contributed by atoms with Gasteiger partial charge in [-0.25, -0.2) is 4.98 Å². The molecule has 0 aliphatic carbocycles. The van der Waals surface area contributed by atoms with Gasteiger partial charge in [-0.3, -0.25) is 0 Å². The molecule has 0 aliphatic rings. The molecule has 0 spiro atoms. The molecule has 1 heterocycles. The van der Waals surface area contributed by atoms with Crippen molar-refractivity contribution in [2.45, 2.75) is 6.54 Å². The zero-order valence-corrected chi connectivity index (χ0v) is 10.9. The van der Waals surface area contributed by atoms with Gasteiger partial charge < -0.3 is 10.1 Å². The van der Waals surface area contributed by atoms with Crippen molar-refractivity contribution in [3.05, 3.63) is 53.3 Å². The fraction of sp³-hybridized carbons (Fsp3) is 0.143. The minimum atomic E-state index is 0.0324. The van der Waals surface area contributed by atoms with Gasteiger partial charge in [0.2, 0.25) is 0 Å². The molecule has 4 nitrogen and oxygen atoms in total. The molecule has 0 unspecified atom stereocenters. The third-order valence-electron chi connectivity index (χ3n) is 2.49. The van der Waals surface area contributed by atoms with Crippen molar-refractivity contribution in [2.24, 2.45) is 0 Å². The quantitative estimate of drug-likeness (QED) is 0.850. The van der Waals surface area contributed by atoms with E-state index in [0.29, 0.717) is 17.4 Å². The number of nitrogens with one attached hydrogen (secondary N) is 1. The van der Waals surface area contributed by atoms with Crippen LogP contribution in [-0.2, 0) is 6.54 Å². The van der Waals surface area contributed by atoms with E-state index in [4.69, 9.17) is 21.6 Å². The standard InChI is InChI=1S/C14H12ClN3O/c15-14-12(5-3-8-17-14)18-10-11-4-1-2-6-13(11)19-9-7-16/h1-6,8,18H,9-10H2. The van der Waals surface area contributed by atoms with E-state index in [0.717, 1.165) is 11.3 Å². The van der Waals surface area contributed by atoms with Crippen LogP contribution in [0.15, 0.2) is 42.6 Å². The maximum atomic E-state index is 8.55. The van der Waals surface area contributed by atoms with E-state index in [-0.39, 0.29) is 6.61 Å². The molecule has 1 aromatic heterocycles. The van der Waals surface area contributed by atoms with Crippen LogP contribution in [0.25, 0.3) is 0 Å². The average molecular weight is 274 g/mol. The summed E-state index contributed by atoms with van der Waals surface area (Å²) in [4.78, 5) is 3.99. The van der Waals surface area contributed by atoms with Gasteiger partial charge in [-0.05, 0) is 18.2 Å².